The highest BCUT2D eigenvalue weighted by Gasteiger charge is 2.13. The van der Waals surface area contributed by atoms with Crippen molar-refractivity contribution in [2.24, 2.45) is 0 Å². The quantitative estimate of drug-likeness (QED) is 0.0939. The van der Waals surface area contributed by atoms with Gasteiger partial charge in [0.2, 0.25) is 0 Å². The maximum atomic E-state index is 4.71. The van der Waals surface area contributed by atoms with Crippen LogP contribution in [0.5, 0.6) is 0 Å². The minimum atomic E-state index is 0.858. The molecule has 4 heterocycles. The van der Waals surface area contributed by atoms with Crippen molar-refractivity contribution in [3.05, 3.63) is 131 Å². The molecule has 0 aliphatic rings. The summed E-state index contributed by atoms with van der Waals surface area (Å²) in [6.45, 7) is 5.35. The van der Waals surface area contributed by atoms with Gasteiger partial charge >= 0.3 is 0 Å². The molecule has 0 N–H and O–H groups in total. The number of hydrogen-bond donors (Lipinski definition) is 0. The number of aromatic nitrogens is 4. The highest BCUT2D eigenvalue weighted by Crippen LogP contribution is 2.18. The molecule has 10 nitrogen and oxygen atoms in total. The predicted octanol–water partition coefficient (Wildman–Crippen LogP) is 6.11. The first kappa shape index (κ1) is 40.1. The first-order valence-electron chi connectivity index (χ1n) is 19.0. The maximum absolute atomic E-state index is 4.71. The summed E-state index contributed by atoms with van der Waals surface area (Å²) >= 11 is 0. The fraction of sp³-hybridized carbons (Fsp3) is 0.409. The summed E-state index contributed by atoms with van der Waals surface area (Å²) < 4.78 is 0. The SMILES string of the molecule is CN(C)c1ccnc(CCN(CCc2cc(N(C)C)ccn2)Cc2cccc(CN(CCc3cc(N(C)C)ccn3)CCc3cc(N(C)C)ccn3)c2)c1. The molecule has 0 fully saturated rings. The Morgan fingerprint density at radius 2 is 0.648 bits per heavy atom. The van der Waals surface area contributed by atoms with Gasteiger partial charge in [0.25, 0.3) is 0 Å². The van der Waals surface area contributed by atoms with Crippen molar-refractivity contribution in [2.45, 2.75) is 38.8 Å². The van der Waals surface area contributed by atoms with E-state index in [0.717, 1.165) is 87.7 Å². The second-order valence-corrected chi connectivity index (χ2v) is 15.0. The third-order valence-corrected chi connectivity index (χ3v) is 9.81. The van der Waals surface area contributed by atoms with Gasteiger partial charge in [-0.05, 0) is 59.7 Å². The topological polar surface area (TPSA) is 71.0 Å². The maximum Gasteiger partial charge on any atom is 0.0436 e. The highest BCUT2D eigenvalue weighted by atomic mass is 15.1. The zero-order valence-electron chi connectivity index (χ0n) is 33.8. The third kappa shape index (κ3) is 12.5. The summed E-state index contributed by atoms with van der Waals surface area (Å²) in [5.41, 5.74) is 11.8. The van der Waals surface area contributed by atoms with Crippen LogP contribution in [0.3, 0.4) is 0 Å². The molecule has 0 saturated carbocycles. The van der Waals surface area contributed by atoms with E-state index in [4.69, 9.17) is 19.9 Å². The lowest BCUT2D eigenvalue weighted by Gasteiger charge is -2.25. The second-order valence-electron chi connectivity index (χ2n) is 15.0. The number of nitrogens with zero attached hydrogens (tertiary/aromatic N) is 10. The Morgan fingerprint density at radius 3 is 0.907 bits per heavy atom. The molecule has 0 spiro atoms. The molecule has 0 atom stereocenters. The molecule has 0 saturated heterocycles. The second kappa shape index (κ2) is 19.9. The summed E-state index contributed by atoms with van der Waals surface area (Å²) in [6, 6.07) is 26.2. The molecular formula is C44H60N10. The standard InChI is InChI=1S/C44H60N10/c1-49(2)41-12-20-45-37(29-41)16-24-53(25-17-38-30-42(50(3)4)13-21-46-38)33-35-10-9-11-36(28-35)34-54(26-18-39-31-43(51(5)6)14-22-47-39)27-19-40-32-44(52(7)8)15-23-48-40/h9-15,20-23,28-32H,16-19,24-27,33-34H2,1-8H3. The van der Waals surface area contributed by atoms with E-state index in [1.54, 1.807) is 0 Å². The molecule has 0 aliphatic carbocycles. The van der Waals surface area contributed by atoms with Gasteiger partial charge in [0.1, 0.15) is 0 Å². The van der Waals surface area contributed by atoms with Crippen LogP contribution in [0.15, 0.2) is 97.6 Å². The van der Waals surface area contributed by atoms with E-state index in [1.165, 1.54) is 33.9 Å². The first-order chi connectivity index (χ1) is 26.0. The summed E-state index contributed by atoms with van der Waals surface area (Å²) in [7, 11) is 16.6. The molecular weight excluding hydrogens is 669 g/mol. The minimum Gasteiger partial charge on any atom is -0.378 e. The van der Waals surface area contributed by atoms with Crippen molar-refractivity contribution in [1.82, 2.24) is 29.7 Å². The van der Waals surface area contributed by atoms with Crippen LogP contribution < -0.4 is 19.6 Å². The number of pyridine rings is 4. The van der Waals surface area contributed by atoms with E-state index >= 15 is 0 Å². The molecule has 10 heteroatoms. The number of rotatable bonds is 20. The van der Waals surface area contributed by atoms with Gasteiger partial charge in [-0.1, -0.05) is 24.3 Å². The van der Waals surface area contributed by atoms with Crippen LogP contribution in [0.2, 0.25) is 0 Å². The molecule has 5 rings (SSSR count). The van der Waals surface area contributed by atoms with Crippen LogP contribution in [0, 0.1) is 0 Å². The van der Waals surface area contributed by atoms with Gasteiger partial charge < -0.3 is 19.6 Å². The molecule has 0 amide bonds. The van der Waals surface area contributed by atoms with Gasteiger partial charge in [-0.2, -0.15) is 0 Å². The van der Waals surface area contributed by atoms with Crippen molar-refractivity contribution in [2.75, 3.05) is 102 Å². The van der Waals surface area contributed by atoms with E-state index in [0.29, 0.717) is 0 Å². The van der Waals surface area contributed by atoms with Crippen molar-refractivity contribution in [1.29, 1.82) is 0 Å². The molecule has 5 aromatic rings. The largest absolute Gasteiger partial charge is 0.378 e. The van der Waals surface area contributed by atoms with E-state index in [-0.39, 0.29) is 0 Å². The molecule has 0 radical (unpaired) electrons. The Hall–Kier alpha value is -5.06. The van der Waals surface area contributed by atoms with Crippen LogP contribution in [0.1, 0.15) is 33.9 Å². The Labute approximate surface area is 324 Å². The van der Waals surface area contributed by atoms with Crippen LogP contribution in [0.25, 0.3) is 0 Å². The zero-order valence-corrected chi connectivity index (χ0v) is 33.8. The number of hydrogen-bond acceptors (Lipinski definition) is 10. The molecule has 1 aromatic carbocycles. The third-order valence-electron chi connectivity index (χ3n) is 9.81. The van der Waals surface area contributed by atoms with Gasteiger partial charge in [-0.3, -0.25) is 29.7 Å². The van der Waals surface area contributed by atoms with Crippen LogP contribution in [-0.4, -0.2) is 112 Å². The van der Waals surface area contributed by atoms with Gasteiger partial charge in [-0.15, -0.1) is 0 Å². The molecule has 0 bridgehead atoms. The molecule has 54 heavy (non-hydrogen) atoms. The van der Waals surface area contributed by atoms with Crippen molar-refractivity contribution < 1.29 is 0 Å². The minimum absolute atomic E-state index is 0.858. The summed E-state index contributed by atoms with van der Waals surface area (Å²) in [5.74, 6) is 0. The zero-order chi connectivity index (χ0) is 38.5. The van der Waals surface area contributed by atoms with Gasteiger partial charge in [0.15, 0.2) is 0 Å². The van der Waals surface area contributed by atoms with Crippen molar-refractivity contribution in [3.8, 4) is 0 Å². The van der Waals surface area contributed by atoms with Gasteiger partial charge in [0, 0.05) is 192 Å². The average molecular weight is 729 g/mol. The summed E-state index contributed by atoms with van der Waals surface area (Å²) in [5, 5.41) is 0. The molecule has 286 valence electrons. The lowest BCUT2D eigenvalue weighted by Crippen LogP contribution is -2.29. The van der Waals surface area contributed by atoms with Crippen LogP contribution >= 0.6 is 0 Å². The Bertz CT molecular complexity index is 1650. The van der Waals surface area contributed by atoms with Gasteiger partial charge in [0.05, 0.1) is 0 Å². The fourth-order valence-corrected chi connectivity index (χ4v) is 6.49. The highest BCUT2D eigenvalue weighted by molar-refractivity contribution is 5.47. The van der Waals surface area contributed by atoms with Crippen LogP contribution in [0.4, 0.5) is 22.7 Å². The fourth-order valence-electron chi connectivity index (χ4n) is 6.49. The first-order valence-corrected chi connectivity index (χ1v) is 19.0. The summed E-state index contributed by atoms with van der Waals surface area (Å²) in [4.78, 5) is 32.5. The normalized spacial score (nSPS) is 11.3. The Morgan fingerprint density at radius 1 is 0.370 bits per heavy atom. The van der Waals surface area contributed by atoms with Gasteiger partial charge in [-0.25, -0.2) is 0 Å². The molecule has 4 aromatic heterocycles. The molecule has 0 unspecified atom stereocenters. The summed E-state index contributed by atoms with van der Waals surface area (Å²) in [6.07, 6.45) is 11.2. The number of anilines is 4. The van der Waals surface area contributed by atoms with Crippen LogP contribution in [-0.2, 0) is 38.8 Å². The van der Waals surface area contributed by atoms with E-state index in [9.17, 15) is 0 Å². The Kier molecular flexibility index (Phi) is 14.8. The Balaban J connectivity index is 1.32. The lowest BCUT2D eigenvalue weighted by atomic mass is 10.1. The monoisotopic (exact) mass is 729 g/mol. The average Bonchev–Trinajstić information content (AvgIpc) is 3.17. The van der Waals surface area contributed by atoms with E-state index < -0.39 is 0 Å². The van der Waals surface area contributed by atoms with E-state index in [2.05, 4.69) is 159 Å². The predicted molar refractivity (Wildman–Crippen MR) is 226 cm³/mol. The number of benzene rings is 1. The lowest BCUT2D eigenvalue weighted by molar-refractivity contribution is 0.266. The smallest absolute Gasteiger partial charge is 0.0436 e. The van der Waals surface area contributed by atoms with Crippen molar-refractivity contribution in [3.63, 3.8) is 0 Å². The molecule has 0 aliphatic heterocycles. The van der Waals surface area contributed by atoms with Crippen molar-refractivity contribution >= 4 is 22.7 Å². The van der Waals surface area contributed by atoms with E-state index in [1.807, 2.05) is 24.8 Å².